The molecule has 2 atom stereocenters. The molecule has 1 heterocycles. The van der Waals surface area contributed by atoms with Crippen molar-refractivity contribution in [3.05, 3.63) is 28.8 Å². The zero-order chi connectivity index (χ0) is 14.5. The van der Waals surface area contributed by atoms with Crippen LogP contribution in [0.15, 0.2) is 18.2 Å². The summed E-state index contributed by atoms with van der Waals surface area (Å²) in [4.78, 5) is 2.31. The van der Waals surface area contributed by atoms with Gasteiger partial charge in [-0.15, -0.1) is 0 Å². The molecule has 3 nitrogen and oxygen atoms in total. The van der Waals surface area contributed by atoms with Crippen LogP contribution in [0.1, 0.15) is 32.3 Å². The van der Waals surface area contributed by atoms with Gasteiger partial charge in [-0.25, -0.2) is 0 Å². The predicted octanol–water partition coefficient (Wildman–Crippen LogP) is 3.05. The Labute approximate surface area is 126 Å². The topological polar surface area (TPSA) is 35.5 Å². The van der Waals surface area contributed by atoms with Crippen molar-refractivity contribution in [2.75, 3.05) is 24.5 Å². The highest BCUT2D eigenvalue weighted by Crippen LogP contribution is 2.29. The number of aliphatic hydroxyl groups is 1. The van der Waals surface area contributed by atoms with Gasteiger partial charge in [0.05, 0.1) is 6.10 Å². The van der Waals surface area contributed by atoms with Crippen molar-refractivity contribution in [3.63, 3.8) is 0 Å². The molecule has 1 aromatic rings. The summed E-state index contributed by atoms with van der Waals surface area (Å²) in [5.41, 5.74) is 2.31. The molecule has 0 amide bonds. The van der Waals surface area contributed by atoms with Gasteiger partial charge < -0.3 is 15.3 Å². The van der Waals surface area contributed by atoms with Gasteiger partial charge in [0.2, 0.25) is 0 Å². The Morgan fingerprint density at radius 1 is 1.50 bits per heavy atom. The molecular formula is C16H25ClN2O. The third-order valence-electron chi connectivity index (χ3n) is 4.05. The monoisotopic (exact) mass is 296 g/mol. The van der Waals surface area contributed by atoms with Gasteiger partial charge in [0.15, 0.2) is 0 Å². The summed E-state index contributed by atoms with van der Waals surface area (Å²) in [5.74, 6) is 0.375. The summed E-state index contributed by atoms with van der Waals surface area (Å²) in [7, 11) is 0. The van der Waals surface area contributed by atoms with E-state index in [0.717, 1.165) is 55.3 Å². The molecule has 1 aliphatic heterocycles. The average molecular weight is 297 g/mol. The summed E-state index contributed by atoms with van der Waals surface area (Å²) in [6.07, 6.45) is 1.95. The molecule has 4 heteroatoms. The van der Waals surface area contributed by atoms with E-state index in [4.69, 9.17) is 11.6 Å². The maximum absolute atomic E-state index is 9.68. The Balaban J connectivity index is 1.98. The molecule has 1 fully saturated rings. The van der Waals surface area contributed by atoms with E-state index in [-0.39, 0.29) is 6.10 Å². The van der Waals surface area contributed by atoms with Gasteiger partial charge in [-0.3, -0.25) is 0 Å². The molecule has 20 heavy (non-hydrogen) atoms. The van der Waals surface area contributed by atoms with E-state index < -0.39 is 0 Å². The molecule has 2 N–H and O–H groups in total. The summed E-state index contributed by atoms with van der Waals surface area (Å²) in [6, 6.07) is 6.30. The van der Waals surface area contributed by atoms with Gasteiger partial charge in [-0.2, -0.15) is 0 Å². The van der Waals surface area contributed by atoms with Crippen LogP contribution in [-0.4, -0.2) is 30.8 Å². The zero-order valence-corrected chi connectivity index (χ0v) is 13.2. The fraction of sp³-hybridized carbons (Fsp3) is 0.625. The summed E-state index contributed by atoms with van der Waals surface area (Å²) < 4.78 is 0. The average Bonchev–Trinajstić information content (AvgIpc) is 2.90. The molecule has 0 aromatic heterocycles. The number of aliphatic hydroxyl groups excluding tert-OH is 1. The second kappa shape index (κ2) is 7.30. The Kier molecular flexibility index (Phi) is 5.70. The first-order valence-corrected chi connectivity index (χ1v) is 7.91. The number of hydrogen-bond donors (Lipinski definition) is 2. The second-order valence-electron chi connectivity index (χ2n) is 5.69. The smallest absolute Gasteiger partial charge is 0.0557 e. The van der Waals surface area contributed by atoms with Gasteiger partial charge >= 0.3 is 0 Å². The molecule has 112 valence electrons. The fourth-order valence-corrected chi connectivity index (χ4v) is 2.93. The number of nitrogens with one attached hydrogen (secondary N) is 1. The van der Waals surface area contributed by atoms with Crippen molar-refractivity contribution in [1.82, 2.24) is 5.32 Å². The highest BCUT2D eigenvalue weighted by Gasteiger charge is 2.26. The van der Waals surface area contributed by atoms with Crippen LogP contribution in [0, 0.1) is 5.92 Å². The van der Waals surface area contributed by atoms with Gasteiger partial charge in [0.25, 0.3) is 0 Å². The van der Waals surface area contributed by atoms with E-state index in [1.54, 1.807) is 0 Å². The van der Waals surface area contributed by atoms with E-state index in [0.29, 0.717) is 5.92 Å². The molecule has 1 saturated heterocycles. The standard InChI is InChI=1S/C16H25ClN2O/c1-3-7-18-10-13-4-5-15(9-16(13)17)19-8-6-14(11-19)12(2)20/h4-5,9,12,14,18,20H,3,6-8,10-11H2,1-2H3. The van der Waals surface area contributed by atoms with E-state index >= 15 is 0 Å². The quantitative estimate of drug-likeness (QED) is 0.792. The normalized spacial score (nSPS) is 20.4. The van der Waals surface area contributed by atoms with E-state index in [9.17, 15) is 5.11 Å². The Hall–Kier alpha value is -0.770. The molecule has 0 radical (unpaired) electrons. The number of hydrogen-bond acceptors (Lipinski definition) is 3. The lowest BCUT2D eigenvalue weighted by molar-refractivity contribution is 0.136. The number of rotatable bonds is 6. The molecule has 2 unspecified atom stereocenters. The van der Waals surface area contributed by atoms with Crippen LogP contribution < -0.4 is 10.2 Å². The van der Waals surface area contributed by atoms with Gasteiger partial charge in [0, 0.05) is 36.3 Å². The van der Waals surface area contributed by atoms with Crippen LogP contribution in [0.3, 0.4) is 0 Å². The summed E-state index contributed by atoms with van der Waals surface area (Å²) in [5, 5.41) is 13.9. The molecular weight excluding hydrogens is 272 g/mol. The lowest BCUT2D eigenvalue weighted by Crippen LogP contribution is -2.24. The Morgan fingerprint density at radius 2 is 2.30 bits per heavy atom. The Bertz CT molecular complexity index is 436. The van der Waals surface area contributed by atoms with Crippen molar-refractivity contribution < 1.29 is 5.11 Å². The van der Waals surface area contributed by atoms with Crippen molar-refractivity contribution in [3.8, 4) is 0 Å². The summed E-state index contributed by atoms with van der Waals surface area (Å²) >= 11 is 6.37. The fourth-order valence-electron chi connectivity index (χ4n) is 2.69. The number of nitrogens with zero attached hydrogens (tertiary/aromatic N) is 1. The van der Waals surface area contributed by atoms with Crippen LogP contribution in [0.4, 0.5) is 5.69 Å². The van der Waals surface area contributed by atoms with E-state index in [1.165, 1.54) is 0 Å². The minimum absolute atomic E-state index is 0.229. The highest BCUT2D eigenvalue weighted by molar-refractivity contribution is 6.31. The maximum Gasteiger partial charge on any atom is 0.0557 e. The summed E-state index contributed by atoms with van der Waals surface area (Å²) in [6.45, 7) is 7.79. The van der Waals surface area contributed by atoms with Crippen LogP contribution >= 0.6 is 11.6 Å². The van der Waals surface area contributed by atoms with Crippen molar-refractivity contribution in [2.24, 2.45) is 5.92 Å². The maximum atomic E-state index is 9.68. The van der Waals surface area contributed by atoms with Crippen LogP contribution in [0.25, 0.3) is 0 Å². The van der Waals surface area contributed by atoms with Crippen LogP contribution in [0.5, 0.6) is 0 Å². The SMILES string of the molecule is CCCNCc1ccc(N2CCC(C(C)O)C2)cc1Cl. The van der Waals surface area contributed by atoms with Crippen LogP contribution in [-0.2, 0) is 6.54 Å². The number of benzene rings is 1. The zero-order valence-electron chi connectivity index (χ0n) is 12.4. The van der Waals surface area contributed by atoms with E-state index in [1.807, 2.05) is 6.92 Å². The van der Waals surface area contributed by atoms with E-state index in [2.05, 4.69) is 35.3 Å². The molecule has 2 rings (SSSR count). The van der Waals surface area contributed by atoms with Crippen molar-refractivity contribution >= 4 is 17.3 Å². The van der Waals surface area contributed by atoms with Gasteiger partial charge in [-0.05, 0) is 44.0 Å². The first-order valence-electron chi connectivity index (χ1n) is 7.54. The second-order valence-corrected chi connectivity index (χ2v) is 6.10. The molecule has 1 aromatic carbocycles. The minimum atomic E-state index is -0.229. The van der Waals surface area contributed by atoms with Gasteiger partial charge in [-0.1, -0.05) is 24.6 Å². The highest BCUT2D eigenvalue weighted by atomic mass is 35.5. The molecule has 0 aliphatic carbocycles. The van der Waals surface area contributed by atoms with Gasteiger partial charge in [0.1, 0.15) is 0 Å². The third-order valence-corrected chi connectivity index (χ3v) is 4.40. The lowest BCUT2D eigenvalue weighted by Gasteiger charge is -2.20. The lowest BCUT2D eigenvalue weighted by atomic mass is 10.0. The first-order chi connectivity index (χ1) is 9.61. The minimum Gasteiger partial charge on any atom is -0.393 e. The van der Waals surface area contributed by atoms with Crippen LogP contribution in [0.2, 0.25) is 5.02 Å². The molecule has 0 saturated carbocycles. The van der Waals surface area contributed by atoms with Crippen molar-refractivity contribution in [1.29, 1.82) is 0 Å². The third kappa shape index (κ3) is 3.87. The Morgan fingerprint density at radius 3 is 2.90 bits per heavy atom. The largest absolute Gasteiger partial charge is 0.393 e. The number of anilines is 1. The van der Waals surface area contributed by atoms with Crippen molar-refractivity contribution in [2.45, 2.75) is 39.3 Å². The first kappa shape index (κ1) is 15.6. The predicted molar refractivity (Wildman–Crippen MR) is 85.5 cm³/mol. The molecule has 0 bridgehead atoms. The number of halogens is 1. The molecule has 0 spiro atoms. The molecule has 1 aliphatic rings.